The van der Waals surface area contributed by atoms with Crippen LogP contribution >= 0.6 is 23.6 Å². The molecule has 0 saturated carbocycles. The van der Waals surface area contributed by atoms with E-state index in [0.29, 0.717) is 12.2 Å². The van der Waals surface area contributed by atoms with Gasteiger partial charge in [-0.1, -0.05) is 18.2 Å². The molecule has 2 N–H and O–H groups in total. The standard InChI is InChI=1S/C18H15N3O3S2/c1-24-11-6-4-10(5-7-11)12-9-13(14-3-2-8-26-14)21-18(12)15(22)19-17(25)20-16(18)23/h2-8,12H,9H2,1H3,(H2,19,20,22,23,25). The number of rotatable bonds is 3. The van der Waals surface area contributed by atoms with Gasteiger partial charge in [0.2, 0.25) is 5.54 Å². The van der Waals surface area contributed by atoms with E-state index in [2.05, 4.69) is 15.6 Å². The zero-order chi connectivity index (χ0) is 18.3. The highest BCUT2D eigenvalue weighted by molar-refractivity contribution is 7.80. The Morgan fingerprint density at radius 1 is 1.19 bits per heavy atom. The molecule has 8 heteroatoms. The van der Waals surface area contributed by atoms with Crippen LogP contribution < -0.4 is 15.4 Å². The van der Waals surface area contributed by atoms with E-state index in [-0.39, 0.29) is 5.11 Å². The van der Waals surface area contributed by atoms with E-state index in [1.54, 1.807) is 7.11 Å². The zero-order valence-corrected chi connectivity index (χ0v) is 15.4. The molecule has 1 aromatic heterocycles. The van der Waals surface area contributed by atoms with E-state index in [4.69, 9.17) is 17.0 Å². The lowest BCUT2D eigenvalue weighted by atomic mass is 9.77. The molecular weight excluding hydrogens is 370 g/mol. The van der Waals surface area contributed by atoms with Gasteiger partial charge in [-0.2, -0.15) is 0 Å². The highest BCUT2D eigenvalue weighted by Crippen LogP contribution is 2.43. The molecule has 2 aliphatic rings. The van der Waals surface area contributed by atoms with Crippen molar-refractivity contribution in [3.63, 3.8) is 0 Å². The first-order chi connectivity index (χ1) is 12.5. The fourth-order valence-electron chi connectivity index (χ4n) is 3.42. The van der Waals surface area contributed by atoms with Crippen LogP contribution in [0.4, 0.5) is 0 Å². The van der Waals surface area contributed by atoms with Gasteiger partial charge < -0.3 is 15.4 Å². The van der Waals surface area contributed by atoms with Crippen molar-refractivity contribution in [3.05, 3.63) is 52.2 Å². The number of amides is 2. The molecule has 26 heavy (non-hydrogen) atoms. The van der Waals surface area contributed by atoms with E-state index in [9.17, 15) is 9.59 Å². The largest absolute Gasteiger partial charge is 0.497 e. The maximum Gasteiger partial charge on any atom is 0.264 e. The predicted molar refractivity (Wildman–Crippen MR) is 103 cm³/mol. The molecule has 1 unspecified atom stereocenters. The molecule has 1 spiro atoms. The first-order valence-corrected chi connectivity index (χ1v) is 9.27. The maximum atomic E-state index is 12.9. The summed E-state index contributed by atoms with van der Waals surface area (Å²) in [5, 5.41) is 7.08. The van der Waals surface area contributed by atoms with E-state index in [0.717, 1.165) is 16.2 Å². The number of carbonyl (C=O) groups excluding carboxylic acids is 2. The van der Waals surface area contributed by atoms with Gasteiger partial charge >= 0.3 is 0 Å². The van der Waals surface area contributed by atoms with E-state index in [1.807, 2.05) is 41.8 Å². The Morgan fingerprint density at radius 2 is 1.88 bits per heavy atom. The lowest BCUT2D eigenvalue weighted by Crippen LogP contribution is -2.66. The number of benzene rings is 1. The molecular formula is C18H15N3O3S2. The van der Waals surface area contributed by atoms with Gasteiger partial charge in [0.25, 0.3) is 11.8 Å². The van der Waals surface area contributed by atoms with Crippen molar-refractivity contribution in [2.45, 2.75) is 17.9 Å². The molecule has 132 valence electrons. The van der Waals surface area contributed by atoms with Crippen LogP contribution in [0.5, 0.6) is 5.75 Å². The summed E-state index contributed by atoms with van der Waals surface area (Å²) in [7, 11) is 1.59. The molecule has 1 fully saturated rings. The van der Waals surface area contributed by atoms with E-state index < -0.39 is 23.3 Å². The van der Waals surface area contributed by atoms with Crippen molar-refractivity contribution in [1.82, 2.24) is 10.6 Å². The van der Waals surface area contributed by atoms with Crippen LogP contribution in [0.15, 0.2) is 46.8 Å². The van der Waals surface area contributed by atoms with Crippen molar-refractivity contribution >= 4 is 46.2 Å². The summed E-state index contributed by atoms with van der Waals surface area (Å²) in [4.78, 5) is 31.3. The van der Waals surface area contributed by atoms with Crippen LogP contribution in [0.2, 0.25) is 0 Å². The molecule has 3 heterocycles. The van der Waals surface area contributed by atoms with Crippen LogP contribution in [0.25, 0.3) is 0 Å². The second kappa shape index (κ2) is 6.30. The highest BCUT2D eigenvalue weighted by Gasteiger charge is 2.59. The minimum absolute atomic E-state index is 0.0129. The molecule has 1 saturated heterocycles. The van der Waals surface area contributed by atoms with Crippen molar-refractivity contribution < 1.29 is 14.3 Å². The minimum Gasteiger partial charge on any atom is -0.497 e. The number of nitrogens with zero attached hydrogens (tertiary/aromatic N) is 1. The van der Waals surface area contributed by atoms with Crippen LogP contribution in [-0.2, 0) is 9.59 Å². The fourth-order valence-corrected chi connectivity index (χ4v) is 4.33. The topological polar surface area (TPSA) is 79.8 Å². The van der Waals surface area contributed by atoms with Gasteiger partial charge in [-0.3, -0.25) is 14.6 Å². The molecule has 2 aliphatic heterocycles. The number of hydrogen-bond acceptors (Lipinski definition) is 6. The predicted octanol–water partition coefficient (Wildman–Crippen LogP) is 2.00. The van der Waals surface area contributed by atoms with Gasteiger partial charge in [-0.05, 0) is 41.4 Å². The Kier molecular flexibility index (Phi) is 4.08. The number of aliphatic imine (C=N–C) groups is 1. The van der Waals surface area contributed by atoms with Crippen molar-refractivity contribution in [3.8, 4) is 5.75 Å². The smallest absolute Gasteiger partial charge is 0.264 e. The summed E-state index contributed by atoms with van der Waals surface area (Å²) in [6.07, 6.45) is 0.487. The molecule has 2 amide bonds. The first-order valence-electron chi connectivity index (χ1n) is 7.98. The van der Waals surface area contributed by atoms with Crippen molar-refractivity contribution in [2.75, 3.05) is 7.11 Å². The van der Waals surface area contributed by atoms with Gasteiger partial charge in [0.05, 0.1) is 12.8 Å². The number of thiophene rings is 1. The van der Waals surface area contributed by atoms with Gasteiger partial charge in [-0.15, -0.1) is 11.3 Å². The lowest BCUT2D eigenvalue weighted by molar-refractivity contribution is -0.137. The Balaban J connectivity index is 1.83. The summed E-state index contributed by atoms with van der Waals surface area (Å²) < 4.78 is 5.20. The monoisotopic (exact) mass is 385 g/mol. The number of nitrogens with one attached hydrogen (secondary N) is 2. The van der Waals surface area contributed by atoms with Gasteiger partial charge in [0.1, 0.15) is 5.75 Å². The summed E-state index contributed by atoms with van der Waals surface area (Å²) in [6, 6.07) is 11.2. The summed E-state index contributed by atoms with van der Waals surface area (Å²) >= 11 is 6.48. The molecule has 1 atom stereocenters. The molecule has 4 rings (SSSR count). The molecule has 2 aromatic rings. The Labute approximate surface area is 159 Å². The molecule has 0 aliphatic carbocycles. The molecule has 6 nitrogen and oxygen atoms in total. The van der Waals surface area contributed by atoms with Gasteiger partial charge in [0.15, 0.2) is 5.11 Å². The maximum absolute atomic E-state index is 12.9. The number of thiocarbonyl (C=S) groups is 1. The second-order valence-corrected chi connectivity index (χ2v) is 7.43. The Hall–Kier alpha value is -2.58. The quantitative estimate of drug-likeness (QED) is 0.626. The Bertz CT molecular complexity index is 900. The Morgan fingerprint density at radius 3 is 2.46 bits per heavy atom. The van der Waals surface area contributed by atoms with Gasteiger partial charge in [0, 0.05) is 17.2 Å². The van der Waals surface area contributed by atoms with E-state index in [1.165, 1.54) is 11.3 Å². The molecule has 0 bridgehead atoms. The summed E-state index contributed by atoms with van der Waals surface area (Å²) in [6.45, 7) is 0. The zero-order valence-electron chi connectivity index (χ0n) is 13.8. The van der Waals surface area contributed by atoms with Crippen LogP contribution in [0.3, 0.4) is 0 Å². The van der Waals surface area contributed by atoms with Crippen LogP contribution in [-0.4, -0.2) is 35.3 Å². The minimum atomic E-state index is -1.56. The fraction of sp³-hybridized carbons (Fsp3) is 0.222. The van der Waals surface area contributed by atoms with Crippen molar-refractivity contribution in [1.29, 1.82) is 0 Å². The molecule has 1 aromatic carbocycles. The normalized spacial score (nSPS) is 21.3. The number of ether oxygens (including phenoxy) is 1. The summed E-state index contributed by atoms with van der Waals surface area (Å²) in [5.41, 5.74) is 0.0362. The second-order valence-electron chi connectivity index (χ2n) is 6.07. The summed E-state index contributed by atoms with van der Waals surface area (Å²) in [5.74, 6) is -0.690. The third-order valence-electron chi connectivity index (χ3n) is 4.68. The lowest BCUT2D eigenvalue weighted by Gasteiger charge is -2.34. The third kappa shape index (κ3) is 2.53. The van der Waals surface area contributed by atoms with Gasteiger partial charge in [-0.25, -0.2) is 0 Å². The number of methoxy groups -OCH3 is 1. The average molecular weight is 385 g/mol. The SMILES string of the molecule is COc1ccc(C2CC(c3cccs3)=NC23C(=O)NC(=S)NC3=O)cc1. The van der Waals surface area contributed by atoms with Crippen molar-refractivity contribution in [2.24, 2.45) is 4.99 Å². The average Bonchev–Trinajstić information content (AvgIpc) is 3.28. The highest BCUT2D eigenvalue weighted by atomic mass is 32.1. The third-order valence-corrected chi connectivity index (χ3v) is 5.81. The number of carbonyl (C=O) groups is 2. The van der Waals surface area contributed by atoms with E-state index >= 15 is 0 Å². The molecule has 0 radical (unpaired) electrons. The first kappa shape index (κ1) is 16.9. The number of hydrogen-bond donors (Lipinski definition) is 2. The van der Waals surface area contributed by atoms with Crippen LogP contribution in [0, 0.1) is 0 Å². The van der Waals surface area contributed by atoms with Crippen LogP contribution in [0.1, 0.15) is 22.8 Å².